The smallest absolute Gasteiger partial charge is 0.223 e. The van der Waals surface area contributed by atoms with Crippen molar-refractivity contribution in [1.29, 1.82) is 0 Å². The fraction of sp³-hybridized carbons (Fsp3) is 0.458. The minimum absolute atomic E-state index is 0.299. The standard InChI is InChI=1S/C24H30N2O3/c1-28-21-14-20(15-22(16-21)29-2)25-19-9-11-26(12-10-19)24(27)13-18-8-7-17-5-3-4-6-23(17)18/h3-6,14-16,18-19,25H,7-13H2,1-2H3. The van der Waals surface area contributed by atoms with E-state index in [0.717, 1.165) is 56.0 Å². The molecule has 0 saturated carbocycles. The topological polar surface area (TPSA) is 50.8 Å². The number of carbonyl (C=O) groups is 1. The predicted octanol–water partition coefficient (Wildman–Crippen LogP) is 4.23. The zero-order valence-electron chi connectivity index (χ0n) is 17.3. The van der Waals surface area contributed by atoms with E-state index in [0.29, 0.717) is 24.3 Å². The average molecular weight is 395 g/mol. The lowest BCUT2D eigenvalue weighted by molar-refractivity contribution is -0.132. The summed E-state index contributed by atoms with van der Waals surface area (Å²) in [5.41, 5.74) is 3.79. The number of amides is 1. The maximum atomic E-state index is 12.9. The molecule has 0 bridgehead atoms. The van der Waals surface area contributed by atoms with Gasteiger partial charge in [0.1, 0.15) is 11.5 Å². The molecular weight excluding hydrogens is 364 g/mol. The number of anilines is 1. The van der Waals surface area contributed by atoms with Gasteiger partial charge in [-0.2, -0.15) is 0 Å². The molecule has 0 aromatic heterocycles. The van der Waals surface area contributed by atoms with Crippen molar-refractivity contribution in [2.45, 2.75) is 44.1 Å². The summed E-state index contributed by atoms with van der Waals surface area (Å²) in [5, 5.41) is 3.58. The second-order valence-electron chi connectivity index (χ2n) is 8.04. The Morgan fingerprint density at radius 2 is 1.72 bits per heavy atom. The van der Waals surface area contributed by atoms with Gasteiger partial charge in [-0.05, 0) is 42.7 Å². The third kappa shape index (κ3) is 4.50. The molecule has 1 amide bonds. The van der Waals surface area contributed by atoms with Gasteiger partial charge >= 0.3 is 0 Å². The van der Waals surface area contributed by atoms with E-state index in [2.05, 4.69) is 29.6 Å². The third-order valence-corrected chi connectivity index (χ3v) is 6.25. The van der Waals surface area contributed by atoms with Gasteiger partial charge in [0.05, 0.1) is 14.2 Å². The number of hydrogen-bond acceptors (Lipinski definition) is 4. The lowest BCUT2D eigenvalue weighted by Gasteiger charge is -2.33. The minimum Gasteiger partial charge on any atom is -0.497 e. The Bertz CT molecular complexity index is 837. The number of methoxy groups -OCH3 is 2. The first-order valence-electron chi connectivity index (χ1n) is 10.5. The molecule has 1 fully saturated rings. The molecule has 2 aromatic carbocycles. The number of ether oxygens (including phenoxy) is 2. The molecule has 0 spiro atoms. The molecule has 1 atom stereocenters. The van der Waals surface area contributed by atoms with Gasteiger partial charge in [-0.15, -0.1) is 0 Å². The normalized spacial score (nSPS) is 19.0. The van der Waals surface area contributed by atoms with Crippen LogP contribution in [-0.2, 0) is 11.2 Å². The van der Waals surface area contributed by atoms with Crippen LogP contribution in [0.2, 0.25) is 0 Å². The van der Waals surface area contributed by atoms with Gasteiger partial charge in [0.15, 0.2) is 0 Å². The summed E-state index contributed by atoms with van der Waals surface area (Å²) < 4.78 is 10.7. The first-order chi connectivity index (χ1) is 14.2. The van der Waals surface area contributed by atoms with E-state index in [1.165, 1.54) is 11.1 Å². The van der Waals surface area contributed by atoms with Gasteiger partial charge in [0.25, 0.3) is 0 Å². The predicted molar refractivity (Wildman–Crippen MR) is 115 cm³/mol. The Morgan fingerprint density at radius 1 is 1.03 bits per heavy atom. The molecular formula is C24H30N2O3. The van der Waals surface area contributed by atoms with Crippen molar-refractivity contribution in [1.82, 2.24) is 4.90 Å². The molecule has 1 N–H and O–H groups in total. The van der Waals surface area contributed by atoms with Gasteiger partial charge in [-0.1, -0.05) is 24.3 Å². The van der Waals surface area contributed by atoms with Crippen molar-refractivity contribution in [3.63, 3.8) is 0 Å². The van der Waals surface area contributed by atoms with Crippen LogP contribution < -0.4 is 14.8 Å². The fourth-order valence-corrected chi connectivity index (χ4v) is 4.60. The molecule has 2 aromatic rings. The van der Waals surface area contributed by atoms with Crippen molar-refractivity contribution in [2.24, 2.45) is 0 Å². The lowest BCUT2D eigenvalue weighted by Crippen LogP contribution is -2.42. The number of hydrogen-bond donors (Lipinski definition) is 1. The van der Waals surface area contributed by atoms with Gasteiger partial charge in [-0.3, -0.25) is 4.79 Å². The highest BCUT2D eigenvalue weighted by Gasteiger charge is 2.28. The Hall–Kier alpha value is -2.69. The maximum Gasteiger partial charge on any atom is 0.223 e. The second-order valence-corrected chi connectivity index (χ2v) is 8.04. The number of nitrogens with one attached hydrogen (secondary N) is 1. The summed E-state index contributed by atoms with van der Waals surface area (Å²) in [4.78, 5) is 14.9. The van der Waals surface area contributed by atoms with Crippen LogP contribution in [0, 0.1) is 0 Å². The number of aryl methyl sites for hydroxylation is 1. The Balaban J connectivity index is 1.30. The second kappa shape index (κ2) is 8.76. The van der Waals surface area contributed by atoms with Crippen LogP contribution in [0.3, 0.4) is 0 Å². The van der Waals surface area contributed by atoms with E-state index in [1.807, 2.05) is 23.1 Å². The molecule has 1 aliphatic carbocycles. The van der Waals surface area contributed by atoms with Crippen LogP contribution in [0.4, 0.5) is 5.69 Å². The summed E-state index contributed by atoms with van der Waals surface area (Å²) in [7, 11) is 3.32. The Morgan fingerprint density at radius 3 is 2.41 bits per heavy atom. The monoisotopic (exact) mass is 394 g/mol. The number of piperidine rings is 1. The third-order valence-electron chi connectivity index (χ3n) is 6.25. The number of benzene rings is 2. The molecule has 5 heteroatoms. The average Bonchev–Trinajstić information content (AvgIpc) is 3.16. The number of fused-ring (bicyclic) bond motifs is 1. The first kappa shape index (κ1) is 19.6. The molecule has 1 saturated heterocycles. The highest BCUT2D eigenvalue weighted by Crippen LogP contribution is 2.36. The van der Waals surface area contributed by atoms with Crippen molar-refractivity contribution >= 4 is 11.6 Å². The largest absolute Gasteiger partial charge is 0.497 e. The highest BCUT2D eigenvalue weighted by atomic mass is 16.5. The Kier molecular flexibility index (Phi) is 5.93. The first-order valence-corrected chi connectivity index (χ1v) is 10.5. The molecule has 1 aliphatic heterocycles. The van der Waals surface area contributed by atoms with Gasteiger partial charge in [0, 0.05) is 49.4 Å². The number of carbonyl (C=O) groups excluding carboxylic acids is 1. The number of rotatable bonds is 6. The van der Waals surface area contributed by atoms with Crippen LogP contribution >= 0.6 is 0 Å². The lowest BCUT2D eigenvalue weighted by atomic mass is 9.96. The summed E-state index contributed by atoms with van der Waals surface area (Å²) in [6, 6.07) is 14.8. The number of likely N-dealkylation sites (tertiary alicyclic amines) is 1. The van der Waals surface area contributed by atoms with E-state index in [4.69, 9.17) is 9.47 Å². The molecule has 29 heavy (non-hydrogen) atoms. The van der Waals surface area contributed by atoms with Crippen LogP contribution in [0.5, 0.6) is 11.5 Å². The summed E-state index contributed by atoms with van der Waals surface area (Å²) in [6.07, 6.45) is 4.74. The van der Waals surface area contributed by atoms with Crippen LogP contribution in [0.1, 0.15) is 42.7 Å². The minimum atomic E-state index is 0.299. The zero-order chi connectivity index (χ0) is 20.2. The van der Waals surface area contributed by atoms with E-state index in [9.17, 15) is 4.79 Å². The van der Waals surface area contributed by atoms with Crippen LogP contribution in [0.25, 0.3) is 0 Å². The van der Waals surface area contributed by atoms with Crippen molar-refractivity contribution in [2.75, 3.05) is 32.6 Å². The molecule has 1 unspecified atom stereocenters. The maximum absolute atomic E-state index is 12.9. The molecule has 1 heterocycles. The SMILES string of the molecule is COc1cc(NC2CCN(C(=O)CC3CCc4ccccc43)CC2)cc(OC)c1. The quantitative estimate of drug-likeness (QED) is 0.797. The zero-order valence-corrected chi connectivity index (χ0v) is 17.3. The fourth-order valence-electron chi connectivity index (χ4n) is 4.60. The van der Waals surface area contributed by atoms with E-state index in [1.54, 1.807) is 14.2 Å². The Labute approximate surface area is 173 Å². The molecule has 2 aliphatic rings. The van der Waals surface area contributed by atoms with Crippen molar-refractivity contribution in [3.8, 4) is 11.5 Å². The summed E-state index contributed by atoms with van der Waals surface area (Å²) >= 11 is 0. The highest BCUT2D eigenvalue weighted by molar-refractivity contribution is 5.77. The van der Waals surface area contributed by atoms with Gasteiger partial charge in [0.2, 0.25) is 5.91 Å². The van der Waals surface area contributed by atoms with Crippen molar-refractivity contribution < 1.29 is 14.3 Å². The van der Waals surface area contributed by atoms with E-state index in [-0.39, 0.29) is 0 Å². The van der Waals surface area contributed by atoms with Crippen LogP contribution in [0.15, 0.2) is 42.5 Å². The molecule has 5 nitrogen and oxygen atoms in total. The summed E-state index contributed by atoms with van der Waals surface area (Å²) in [6.45, 7) is 1.62. The van der Waals surface area contributed by atoms with Gasteiger partial charge < -0.3 is 19.7 Å². The van der Waals surface area contributed by atoms with E-state index >= 15 is 0 Å². The molecule has 4 rings (SSSR count). The molecule has 154 valence electrons. The van der Waals surface area contributed by atoms with Gasteiger partial charge in [-0.25, -0.2) is 0 Å². The molecule has 0 radical (unpaired) electrons. The van der Waals surface area contributed by atoms with Crippen molar-refractivity contribution in [3.05, 3.63) is 53.6 Å². The van der Waals surface area contributed by atoms with Crippen LogP contribution in [-0.4, -0.2) is 44.2 Å². The number of nitrogens with zero attached hydrogens (tertiary/aromatic N) is 1. The summed E-state index contributed by atoms with van der Waals surface area (Å²) in [5.74, 6) is 2.24. The van der Waals surface area contributed by atoms with E-state index < -0.39 is 0 Å².